The van der Waals surface area contributed by atoms with Crippen molar-refractivity contribution in [2.45, 2.75) is 19.4 Å². The minimum Gasteiger partial charge on any atom is -0.508 e. The molecule has 0 fully saturated rings. The van der Waals surface area contributed by atoms with Crippen molar-refractivity contribution in [1.29, 1.82) is 0 Å². The molecule has 0 saturated heterocycles. The van der Waals surface area contributed by atoms with Crippen LogP contribution in [0.1, 0.15) is 13.3 Å². The average molecular weight is 251 g/mol. The van der Waals surface area contributed by atoms with E-state index < -0.39 is 24.5 Å². The number of aromatic hydroxyl groups is 1. The van der Waals surface area contributed by atoms with Gasteiger partial charge < -0.3 is 14.9 Å². The number of hydrogen-bond donors (Lipinski definition) is 2. The number of ether oxygens (including phenoxy) is 1. The van der Waals surface area contributed by atoms with E-state index in [9.17, 15) is 14.7 Å². The Morgan fingerprint density at radius 2 is 2.22 bits per heavy atom. The lowest BCUT2D eigenvalue weighted by Gasteiger charge is -2.33. The summed E-state index contributed by atoms with van der Waals surface area (Å²) in [5.74, 6) is -1.16. The van der Waals surface area contributed by atoms with Crippen LogP contribution in [0.4, 0.5) is 5.69 Å². The molecule has 1 aromatic rings. The Kier molecular flexibility index (Phi) is 3.10. The van der Waals surface area contributed by atoms with E-state index in [-0.39, 0.29) is 11.4 Å². The van der Waals surface area contributed by atoms with Crippen molar-refractivity contribution in [3.63, 3.8) is 0 Å². The highest BCUT2D eigenvalue weighted by Gasteiger charge is 2.34. The first-order chi connectivity index (χ1) is 8.52. The maximum absolute atomic E-state index is 12.0. The van der Waals surface area contributed by atoms with E-state index in [1.54, 1.807) is 6.92 Å². The number of carboxylic acid groups (broad SMARTS) is 1. The molecule has 6 nitrogen and oxygen atoms in total. The Hall–Kier alpha value is -2.24. The number of nitrogens with zero attached hydrogens (tertiary/aromatic N) is 1. The number of anilines is 1. The molecular weight excluding hydrogens is 238 g/mol. The third-order valence-electron chi connectivity index (χ3n) is 2.71. The van der Waals surface area contributed by atoms with Crippen LogP contribution < -0.4 is 9.64 Å². The molecule has 1 amide bonds. The molecular formula is C12H13NO5. The third kappa shape index (κ3) is 2.09. The summed E-state index contributed by atoms with van der Waals surface area (Å²) in [5.41, 5.74) is 0.284. The number of rotatable bonds is 3. The van der Waals surface area contributed by atoms with E-state index >= 15 is 0 Å². The first-order valence-electron chi connectivity index (χ1n) is 5.55. The molecule has 96 valence electrons. The van der Waals surface area contributed by atoms with Crippen LogP contribution >= 0.6 is 0 Å². The lowest BCUT2D eigenvalue weighted by atomic mass is 10.1. The Bertz CT molecular complexity index is 499. The molecule has 2 rings (SSSR count). The highest BCUT2D eigenvalue weighted by Crippen LogP contribution is 2.37. The number of carboxylic acids is 1. The van der Waals surface area contributed by atoms with Gasteiger partial charge in [0.25, 0.3) is 5.91 Å². The van der Waals surface area contributed by atoms with E-state index in [1.807, 2.05) is 0 Å². The molecule has 1 aliphatic heterocycles. The SMILES string of the molecule is CCC1Oc2ccc(O)cc2N(CC(=O)O)C1=O. The summed E-state index contributed by atoms with van der Waals surface area (Å²) in [6, 6.07) is 4.27. The summed E-state index contributed by atoms with van der Waals surface area (Å²) in [5, 5.41) is 18.2. The number of benzene rings is 1. The van der Waals surface area contributed by atoms with Gasteiger partial charge in [0.1, 0.15) is 18.0 Å². The van der Waals surface area contributed by atoms with Crippen molar-refractivity contribution in [2.24, 2.45) is 0 Å². The number of aliphatic carboxylic acids is 1. The topological polar surface area (TPSA) is 87.1 Å². The average Bonchev–Trinajstić information content (AvgIpc) is 2.32. The van der Waals surface area contributed by atoms with Crippen molar-refractivity contribution in [1.82, 2.24) is 0 Å². The number of amides is 1. The Balaban J connectivity index is 2.45. The van der Waals surface area contributed by atoms with Crippen molar-refractivity contribution >= 4 is 17.6 Å². The minimum absolute atomic E-state index is 0.0458. The highest BCUT2D eigenvalue weighted by atomic mass is 16.5. The lowest BCUT2D eigenvalue weighted by Crippen LogP contribution is -2.47. The van der Waals surface area contributed by atoms with E-state index in [2.05, 4.69) is 0 Å². The van der Waals surface area contributed by atoms with Gasteiger partial charge in [-0.15, -0.1) is 0 Å². The molecule has 0 aliphatic carbocycles. The predicted octanol–water partition coefficient (Wildman–Crippen LogP) is 0.981. The van der Waals surface area contributed by atoms with Gasteiger partial charge in [0.05, 0.1) is 5.69 Å². The summed E-state index contributed by atoms with van der Waals surface area (Å²) in [4.78, 5) is 23.9. The van der Waals surface area contributed by atoms with E-state index in [0.717, 1.165) is 4.90 Å². The van der Waals surface area contributed by atoms with E-state index in [0.29, 0.717) is 12.2 Å². The molecule has 1 aromatic carbocycles. The van der Waals surface area contributed by atoms with Crippen LogP contribution in [-0.2, 0) is 9.59 Å². The molecule has 2 N–H and O–H groups in total. The van der Waals surface area contributed by atoms with E-state index in [4.69, 9.17) is 9.84 Å². The second-order valence-corrected chi connectivity index (χ2v) is 3.98. The van der Waals surface area contributed by atoms with Crippen molar-refractivity contribution in [2.75, 3.05) is 11.4 Å². The number of fused-ring (bicyclic) bond motifs is 1. The van der Waals surface area contributed by atoms with Gasteiger partial charge in [-0.3, -0.25) is 14.5 Å². The van der Waals surface area contributed by atoms with Gasteiger partial charge in [-0.2, -0.15) is 0 Å². The lowest BCUT2D eigenvalue weighted by molar-refractivity contribution is -0.137. The minimum atomic E-state index is -1.12. The van der Waals surface area contributed by atoms with Gasteiger partial charge in [0.2, 0.25) is 0 Å². The summed E-state index contributed by atoms with van der Waals surface area (Å²) >= 11 is 0. The third-order valence-corrected chi connectivity index (χ3v) is 2.71. The fraction of sp³-hybridized carbons (Fsp3) is 0.333. The molecule has 1 unspecified atom stereocenters. The van der Waals surface area contributed by atoms with E-state index in [1.165, 1.54) is 18.2 Å². The van der Waals surface area contributed by atoms with Gasteiger partial charge in [0.15, 0.2) is 6.10 Å². The van der Waals surface area contributed by atoms with Gasteiger partial charge >= 0.3 is 5.97 Å². The largest absolute Gasteiger partial charge is 0.508 e. The Morgan fingerprint density at radius 3 is 2.83 bits per heavy atom. The molecule has 0 spiro atoms. The molecule has 6 heteroatoms. The molecule has 0 bridgehead atoms. The van der Waals surface area contributed by atoms with Gasteiger partial charge in [-0.1, -0.05) is 6.92 Å². The Morgan fingerprint density at radius 1 is 1.50 bits per heavy atom. The summed E-state index contributed by atoms with van der Waals surface area (Å²) < 4.78 is 5.46. The quantitative estimate of drug-likeness (QED) is 0.836. The molecule has 1 atom stereocenters. The molecule has 18 heavy (non-hydrogen) atoms. The van der Waals surface area contributed by atoms with Crippen LogP contribution in [-0.4, -0.2) is 34.7 Å². The fourth-order valence-corrected chi connectivity index (χ4v) is 1.87. The van der Waals surface area contributed by atoms with Crippen LogP contribution in [0.2, 0.25) is 0 Å². The fourth-order valence-electron chi connectivity index (χ4n) is 1.87. The van der Waals surface area contributed by atoms with Crippen LogP contribution in [0.3, 0.4) is 0 Å². The highest BCUT2D eigenvalue weighted by molar-refractivity contribution is 6.03. The van der Waals surface area contributed by atoms with Gasteiger partial charge in [0, 0.05) is 6.07 Å². The normalized spacial score (nSPS) is 18.2. The number of phenolic OH excluding ortho intramolecular Hbond substituents is 1. The van der Waals surface area contributed by atoms with Gasteiger partial charge in [-0.05, 0) is 18.6 Å². The molecule has 1 aliphatic rings. The zero-order valence-electron chi connectivity index (χ0n) is 9.79. The number of hydrogen-bond acceptors (Lipinski definition) is 4. The Labute approximate surface area is 103 Å². The van der Waals surface area contributed by atoms with Crippen LogP contribution in [0.25, 0.3) is 0 Å². The van der Waals surface area contributed by atoms with Crippen molar-refractivity contribution in [3.05, 3.63) is 18.2 Å². The summed E-state index contributed by atoms with van der Waals surface area (Å²) in [7, 11) is 0. The molecule has 0 saturated carbocycles. The molecule has 0 aromatic heterocycles. The second-order valence-electron chi connectivity index (χ2n) is 3.98. The maximum Gasteiger partial charge on any atom is 0.323 e. The smallest absolute Gasteiger partial charge is 0.323 e. The first-order valence-corrected chi connectivity index (χ1v) is 5.55. The molecule has 1 heterocycles. The monoisotopic (exact) mass is 251 g/mol. The summed E-state index contributed by atoms with van der Waals surface area (Å²) in [6.07, 6.45) is -0.226. The van der Waals surface area contributed by atoms with Crippen LogP contribution in [0.15, 0.2) is 18.2 Å². The second kappa shape index (κ2) is 4.56. The standard InChI is InChI=1S/C12H13NO5/c1-2-9-12(17)13(6-11(15)16)8-5-7(14)3-4-10(8)18-9/h3-5,9,14H,2,6H2,1H3,(H,15,16). The van der Waals surface area contributed by atoms with Gasteiger partial charge in [-0.25, -0.2) is 0 Å². The number of carbonyl (C=O) groups excluding carboxylic acids is 1. The zero-order chi connectivity index (χ0) is 13.3. The molecule has 0 radical (unpaired) electrons. The van der Waals surface area contributed by atoms with Crippen LogP contribution in [0, 0.1) is 0 Å². The predicted molar refractivity (Wildman–Crippen MR) is 62.8 cm³/mol. The maximum atomic E-state index is 12.0. The number of carbonyl (C=O) groups is 2. The first kappa shape index (κ1) is 12.2. The van der Waals surface area contributed by atoms with Crippen molar-refractivity contribution in [3.8, 4) is 11.5 Å². The summed E-state index contributed by atoms with van der Waals surface area (Å²) in [6.45, 7) is 1.34. The number of phenols is 1. The van der Waals surface area contributed by atoms with Crippen molar-refractivity contribution < 1.29 is 24.5 Å². The zero-order valence-corrected chi connectivity index (χ0v) is 9.79. The van der Waals surface area contributed by atoms with Crippen LogP contribution in [0.5, 0.6) is 11.5 Å².